The highest BCUT2D eigenvalue weighted by Gasteiger charge is 2.34. The Morgan fingerprint density at radius 2 is 1.63 bits per heavy atom. The molecule has 0 heterocycles. The third-order valence-corrected chi connectivity index (χ3v) is 4.83. The zero-order chi connectivity index (χ0) is 20.9. The van der Waals surface area contributed by atoms with Crippen molar-refractivity contribution in [2.24, 2.45) is 11.8 Å². The molecule has 2 unspecified atom stereocenters. The summed E-state index contributed by atoms with van der Waals surface area (Å²) in [5, 5.41) is 0. The minimum atomic E-state index is -4.34. The molecule has 0 aliphatic carbocycles. The molecular formula is C22H41F3O2. The molecule has 0 amide bonds. The van der Waals surface area contributed by atoms with E-state index in [9.17, 15) is 13.2 Å². The molecule has 0 aliphatic rings. The van der Waals surface area contributed by atoms with Gasteiger partial charge in [0.05, 0.1) is 0 Å². The Balaban J connectivity index is 4.15. The van der Waals surface area contributed by atoms with Crippen molar-refractivity contribution in [2.75, 3.05) is 13.2 Å². The second-order valence-corrected chi connectivity index (χ2v) is 8.38. The smallest absolute Gasteiger partial charge is 0.351 e. The van der Waals surface area contributed by atoms with Crippen molar-refractivity contribution in [1.82, 2.24) is 0 Å². The normalized spacial score (nSPS) is 16.6. The summed E-state index contributed by atoms with van der Waals surface area (Å²) in [6.07, 6.45) is 6.19. The standard InChI is InChI=1S/C22H41F3O2/c1-7-26-21(6,27-17-22(23,24)25)16-10-15-20(5)14-9-13-19(4)12-8-11-18(2)3/h15,18-19H,7-14,16-17H2,1-6H3. The van der Waals surface area contributed by atoms with Crippen LogP contribution < -0.4 is 0 Å². The van der Waals surface area contributed by atoms with Crippen molar-refractivity contribution in [1.29, 1.82) is 0 Å². The van der Waals surface area contributed by atoms with Crippen molar-refractivity contribution in [3.05, 3.63) is 11.6 Å². The van der Waals surface area contributed by atoms with Gasteiger partial charge in [-0.2, -0.15) is 13.2 Å². The summed E-state index contributed by atoms with van der Waals surface area (Å²) in [5.74, 6) is 0.352. The summed E-state index contributed by atoms with van der Waals surface area (Å²) in [7, 11) is 0. The van der Waals surface area contributed by atoms with E-state index in [1.165, 1.54) is 37.7 Å². The molecule has 0 N–H and O–H groups in total. The van der Waals surface area contributed by atoms with E-state index in [-0.39, 0.29) is 0 Å². The van der Waals surface area contributed by atoms with Gasteiger partial charge in [-0.25, -0.2) is 0 Å². The molecule has 27 heavy (non-hydrogen) atoms. The van der Waals surface area contributed by atoms with Crippen LogP contribution in [0.15, 0.2) is 11.6 Å². The maximum Gasteiger partial charge on any atom is 0.411 e. The summed E-state index contributed by atoms with van der Waals surface area (Å²) in [4.78, 5) is 0. The van der Waals surface area contributed by atoms with Gasteiger partial charge in [0, 0.05) is 13.0 Å². The molecule has 0 saturated carbocycles. The van der Waals surface area contributed by atoms with Gasteiger partial charge in [0.1, 0.15) is 6.61 Å². The molecule has 0 radical (unpaired) electrons. The number of hydrogen-bond donors (Lipinski definition) is 0. The monoisotopic (exact) mass is 394 g/mol. The maximum absolute atomic E-state index is 12.4. The van der Waals surface area contributed by atoms with Crippen molar-refractivity contribution in [3.8, 4) is 0 Å². The Kier molecular flexibility index (Phi) is 13.3. The number of hydrogen-bond acceptors (Lipinski definition) is 2. The lowest BCUT2D eigenvalue weighted by atomic mass is 9.94. The lowest BCUT2D eigenvalue weighted by molar-refractivity contribution is -0.277. The van der Waals surface area contributed by atoms with Gasteiger partial charge in [-0.3, -0.25) is 0 Å². The largest absolute Gasteiger partial charge is 0.411 e. The average molecular weight is 395 g/mol. The lowest BCUT2D eigenvalue weighted by Crippen LogP contribution is -2.36. The SMILES string of the molecule is CCOC(C)(CCC=C(C)CCCC(C)CCCC(C)C)OCC(F)(F)F. The van der Waals surface area contributed by atoms with Crippen LogP contribution in [0.25, 0.3) is 0 Å². The van der Waals surface area contributed by atoms with E-state index in [1.807, 2.05) is 0 Å². The van der Waals surface area contributed by atoms with E-state index >= 15 is 0 Å². The van der Waals surface area contributed by atoms with Gasteiger partial charge < -0.3 is 9.47 Å². The van der Waals surface area contributed by atoms with Crippen molar-refractivity contribution < 1.29 is 22.6 Å². The molecule has 0 aromatic heterocycles. The Bertz CT molecular complexity index is 405. The molecule has 0 rings (SSSR count). The molecule has 0 aromatic carbocycles. The molecule has 0 fully saturated rings. The van der Waals surface area contributed by atoms with Crippen molar-refractivity contribution >= 4 is 0 Å². The molecule has 0 aliphatic heterocycles. The summed E-state index contributed by atoms with van der Waals surface area (Å²) in [5.41, 5.74) is 1.29. The van der Waals surface area contributed by atoms with Gasteiger partial charge >= 0.3 is 6.18 Å². The highest BCUT2D eigenvalue weighted by molar-refractivity contribution is 4.98. The molecule has 5 heteroatoms. The molecule has 0 aromatic rings. The minimum absolute atomic E-state index is 0.325. The number of halogens is 3. The van der Waals surface area contributed by atoms with E-state index in [4.69, 9.17) is 9.47 Å². The van der Waals surface area contributed by atoms with Gasteiger partial charge in [-0.15, -0.1) is 0 Å². The predicted molar refractivity (Wildman–Crippen MR) is 107 cm³/mol. The second-order valence-electron chi connectivity index (χ2n) is 8.38. The van der Waals surface area contributed by atoms with Crippen LogP contribution in [0.2, 0.25) is 0 Å². The number of allylic oxidation sites excluding steroid dienone is 2. The fourth-order valence-corrected chi connectivity index (χ4v) is 3.16. The molecule has 2 atom stereocenters. The fraction of sp³-hybridized carbons (Fsp3) is 0.909. The lowest BCUT2D eigenvalue weighted by Gasteiger charge is -2.29. The van der Waals surface area contributed by atoms with Crippen LogP contribution in [0.4, 0.5) is 13.2 Å². The molecule has 0 saturated heterocycles. The molecule has 0 bridgehead atoms. The van der Waals surface area contributed by atoms with E-state index in [0.29, 0.717) is 19.4 Å². The first-order valence-corrected chi connectivity index (χ1v) is 10.5. The third kappa shape index (κ3) is 16.1. The highest BCUT2D eigenvalue weighted by atomic mass is 19.4. The van der Waals surface area contributed by atoms with Gasteiger partial charge in [0.25, 0.3) is 0 Å². The first kappa shape index (κ1) is 26.4. The minimum Gasteiger partial charge on any atom is -0.351 e. The number of alkyl halides is 3. The Hall–Kier alpha value is -0.550. The predicted octanol–water partition coefficient (Wildman–Crippen LogP) is 7.68. The van der Waals surface area contributed by atoms with Crippen LogP contribution in [-0.4, -0.2) is 25.2 Å². The Morgan fingerprint density at radius 3 is 2.19 bits per heavy atom. The molecule has 0 spiro atoms. The summed E-state index contributed by atoms with van der Waals surface area (Å²) in [6.45, 7) is 11.4. The van der Waals surface area contributed by atoms with Gasteiger partial charge in [-0.1, -0.05) is 58.1 Å². The molecule has 162 valence electrons. The van der Waals surface area contributed by atoms with Crippen molar-refractivity contribution in [3.63, 3.8) is 0 Å². The van der Waals surface area contributed by atoms with Gasteiger partial charge in [0.2, 0.25) is 0 Å². The van der Waals surface area contributed by atoms with E-state index in [1.54, 1.807) is 13.8 Å². The molecular weight excluding hydrogens is 353 g/mol. The average Bonchev–Trinajstić information content (AvgIpc) is 2.52. The summed E-state index contributed by atoms with van der Waals surface area (Å²) >= 11 is 0. The first-order valence-electron chi connectivity index (χ1n) is 10.5. The number of ether oxygens (including phenoxy) is 2. The maximum atomic E-state index is 12.4. The van der Waals surface area contributed by atoms with Crippen LogP contribution in [0.3, 0.4) is 0 Å². The fourth-order valence-electron chi connectivity index (χ4n) is 3.16. The Labute approximate surface area is 164 Å². The summed E-state index contributed by atoms with van der Waals surface area (Å²) < 4.78 is 47.6. The number of rotatable bonds is 15. The van der Waals surface area contributed by atoms with Crippen LogP contribution in [0, 0.1) is 11.8 Å². The highest BCUT2D eigenvalue weighted by Crippen LogP contribution is 2.25. The van der Waals surface area contributed by atoms with Crippen LogP contribution in [0.1, 0.15) is 92.9 Å². The van der Waals surface area contributed by atoms with Gasteiger partial charge in [-0.05, 0) is 51.9 Å². The van der Waals surface area contributed by atoms with Crippen LogP contribution >= 0.6 is 0 Å². The van der Waals surface area contributed by atoms with E-state index < -0.39 is 18.6 Å². The Morgan fingerprint density at radius 1 is 1.00 bits per heavy atom. The van der Waals surface area contributed by atoms with E-state index in [0.717, 1.165) is 18.3 Å². The first-order chi connectivity index (χ1) is 12.5. The van der Waals surface area contributed by atoms with Crippen LogP contribution in [0.5, 0.6) is 0 Å². The zero-order valence-electron chi connectivity index (χ0n) is 18.3. The quantitative estimate of drug-likeness (QED) is 0.209. The van der Waals surface area contributed by atoms with Crippen molar-refractivity contribution in [2.45, 2.75) is 105 Å². The van der Waals surface area contributed by atoms with Crippen LogP contribution in [-0.2, 0) is 9.47 Å². The van der Waals surface area contributed by atoms with Gasteiger partial charge in [0.15, 0.2) is 5.79 Å². The van der Waals surface area contributed by atoms with E-state index in [2.05, 4.69) is 33.8 Å². The molecule has 2 nitrogen and oxygen atoms in total. The third-order valence-electron chi connectivity index (χ3n) is 4.83. The second kappa shape index (κ2) is 13.6. The topological polar surface area (TPSA) is 18.5 Å². The summed E-state index contributed by atoms with van der Waals surface area (Å²) in [6, 6.07) is 0. The zero-order valence-corrected chi connectivity index (χ0v) is 18.3.